The first-order valence-electron chi connectivity index (χ1n) is 8.97. The van der Waals surface area contributed by atoms with Crippen LogP contribution in [0, 0.1) is 13.8 Å². The van der Waals surface area contributed by atoms with Gasteiger partial charge in [0.2, 0.25) is 0 Å². The van der Waals surface area contributed by atoms with Crippen molar-refractivity contribution in [3.63, 3.8) is 0 Å². The van der Waals surface area contributed by atoms with Crippen molar-refractivity contribution in [3.8, 4) is 5.69 Å². The first kappa shape index (κ1) is 19.0. The molecule has 0 bridgehead atoms. The molecule has 0 atom stereocenters. The molecule has 2 heterocycles. The second-order valence-electron chi connectivity index (χ2n) is 6.61. The van der Waals surface area contributed by atoms with Crippen molar-refractivity contribution in [2.45, 2.75) is 13.8 Å². The minimum absolute atomic E-state index is 0.176. The van der Waals surface area contributed by atoms with Crippen molar-refractivity contribution in [1.29, 1.82) is 0 Å². The van der Waals surface area contributed by atoms with Gasteiger partial charge in [-0.15, -0.1) is 0 Å². The molecule has 4 aromatic rings. The van der Waals surface area contributed by atoms with E-state index in [1.165, 1.54) is 0 Å². The second-order valence-corrected chi connectivity index (χ2v) is 7.46. The number of anilines is 1. The van der Waals surface area contributed by atoms with E-state index in [-0.39, 0.29) is 11.5 Å². The lowest BCUT2D eigenvalue weighted by Crippen LogP contribution is -2.23. The number of nitrogens with one attached hydrogen (secondary N) is 1. The zero-order valence-corrected chi connectivity index (χ0v) is 17.4. The summed E-state index contributed by atoms with van der Waals surface area (Å²) in [5, 5.41) is 3.38. The molecule has 2 aromatic heterocycles. The van der Waals surface area contributed by atoms with E-state index >= 15 is 0 Å². The number of nitrogens with zero attached hydrogens (tertiary/aromatic N) is 3. The summed E-state index contributed by atoms with van der Waals surface area (Å²) in [5.41, 5.74) is 3.00. The molecule has 0 fully saturated rings. The molecular formula is C22H17BrN4O2. The third-order valence-electron chi connectivity index (χ3n) is 4.65. The summed E-state index contributed by atoms with van der Waals surface area (Å²) in [6.45, 7) is 3.66. The number of aryl methyl sites for hydroxylation is 2. The topological polar surface area (TPSA) is 76.9 Å². The summed E-state index contributed by atoms with van der Waals surface area (Å²) in [4.78, 5) is 34.1. The molecule has 0 aliphatic carbocycles. The van der Waals surface area contributed by atoms with Crippen molar-refractivity contribution >= 4 is 38.6 Å². The minimum atomic E-state index is -0.208. The SMILES string of the molecule is Cc1cc(-n2c(C)nc3ncccc3c2=O)ccc1NC(=O)c1ccccc1Br. The fraction of sp³-hybridized carbons (Fsp3) is 0.0909. The maximum Gasteiger partial charge on any atom is 0.267 e. The summed E-state index contributed by atoms with van der Waals surface area (Å²) in [6, 6.07) is 16.1. The Balaban J connectivity index is 1.71. The summed E-state index contributed by atoms with van der Waals surface area (Å²) < 4.78 is 2.28. The first-order chi connectivity index (χ1) is 14.0. The van der Waals surface area contributed by atoms with Gasteiger partial charge in [-0.1, -0.05) is 12.1 Å². The zero-order chi connectivity index (χ0) is 20.5. The Labute approximate surface area is 175 Å². The molecule has 144 valence electrons. The Bertz CT molecular complexity index is 1310. The van der Waals surface area contributed by atoms with Crippen LogP contribution in [0.4, 0.5) is 5.69 Å². The predicted molar refractivity (Wildman–Crippen MR) is 117 cm³/mol. The van der Waals surface area contributed by atoms with Crippen molar-refractivity contribution in [2.75, 3.05) is 5.32 Å². The number of fused-ring (bicyclic) bond motifs is 1. The molecule has 1 N–H and O–H groups in total. The lowest BCUT2D eigenvalue weighted by atomic mass is 10.1. The highest BCUT2D eigenvalue weighted by Crippen LogP contribution is 2.22. The fourth-order valence-corrected chi connectivity index (χ4v) is 3.65. The highest BCUT2D eigenvalue weighted by Gasteiger charge is 2.14. The molecule has 6 nitrogen and oxygen atoms in total. The third-order valence-corrected chi connectivity index (χ3v) is 5.34. The highest BCUT2D eigenvalue weighted by atomic mass is 79.9. The van der Waals surface area contributed by atoms with E-state index in [0.717, 1.165) is 10.0 Å². The molecular weight excluding hydrogens is 432 g/mol. The smallest absolute Gasteiger partial charge is 0.267 e. The number of rotatable bonds is 3. The molecule has 0 spiro atoms. The maximum absolute atomic E-state index is 13.0. The normalized spacial score (nSPS) is 10.9. The third kappa shape index (κ3) is 3.56. The van der Waals surface area contributed by atoms with Crippen LogP contribution in [-0.2, 0) is 0 Å². The molecule has 29 heavy (non-hydrogen) atoms. The number of halogens is 1. The molecule has 0 saturated carbocycles. The van der Waals surface area contributed by atoms with Crippen LogP contribution in [0.3, 0.4) is 0 Å². The molecule has 0 saturated heterocycles. The van der Waals surface area contributed by atoms with Crippen molar-refractivity contribution < 1.29 is 4.79 Å². The Hall–Kier alpha value is -3.32. The fourth-order valence-electron chi connectivity index (χ4n) is 3.19. The van der Waals surface area contributed by atoms with Crippen molar-refractivity contribution in [3.05, 3.63) is 92.6 Å². The van der Waals surface area contributed by atoms with E-state index in [2.05, 4.69) is 31.2 Å². The van der Waals surface area contributed by atoms with Gasteiger partial charge in [-0.3, -0.25) is 14.2 Å². The monoisotopic (exact) mass is 448 g/mol. The van der Waals surface area contributed by atoms with Crippen LogP contribution < -0.4 is 10.9 Å². The number of amides is 1. The summed E-state index contributed by atoms with van der Waals surface area (Å²) in [6.07, 6.45) is 1.62. The van der Waals surface area contributed by atoms with Gasteiger partial charge >= 0.3 is 0 Å². The van der Waals surface area contributed by atoms with Gasteiger partial charge in [0, 0.05) is 16.4 Å². The molecule has 0 unspecified atom stereocenters. The van der Waals surface area contributed by atoms with E-state index in [1.807, 2.05) is 31.2 Å². The Morgan fingerprint density at radius 3 is 2.62 bits per heavy atom. The number of hydrogen-bond donors (Lipinski definition) is 1. The number of aromatic nitrogens is 3. The van der Waals surface area contributed by atoms with Crippen LogP contribution in [-0.4, -0.2) is 20.4 Å². The van der Waals surface area contributed by atoms with Crippen molar-refractivity contribution in [2.24, 2.45) is 0 Å². The lowest BCUT2D eigenvalue weighted by molar-refractivity contribution is 0.102. The predicted octanol–water partition coefficient (Wildman–Crippen LogP) is 4.41. The van der Waals surface area contributed by atoms with Crippen LogP contribution in [0.1, 0.15) is 21.7 Å². The first-order valence-corrected chi connectivity index (χ1v) is 9.76. The van der Waals surface area contributed by atoms with Gasteiger partial charge in [0.25, 0.3) is 11.5 Å². The van der Waals surface area contributed by atoms with Crippen LogP contribution in [0.25, 0.3) is 16.7 Å². The Morgan fingerprint density at radius 1 is 1.07 bits per heavy atom. The standard InChI is InChI=1S/C22H17BrN4O2/c1-13-12-15(27-14(2)25-20-17(22(27)29)7-5-11-24-20)9-10-19(13)26-21(28)16-6-3-4-8-18(16)23/h3-12H,1-2H3,(H,26,28). The van der Waals surface area contributed by atoms with Gasteiger partial charge in [0.1, 0.15) is 5.82 Å². The molecule has 0 aliphatic rings. The largest absolute Gasteiger partial charge is 0.322 e. The second kappa shape index (κ2) is 7.60. The molecule has 7 heteroatoms. The van der Waals surface area contributed by atoms with E-state index in [0.29, 0.717) is 33.8 Å². The van der Waals surface area contributed by atoms with Crippen LogP contribution in [0.5, 0.6) is 0 Å². The van der Waals surface area contributed by atoms with E-state index in [4.69, 9.17) is 0 Å². The zero-order valence-electron chi connectivity index (χ0n) is 15.8. The number of carbonyl (C=O) groups excluding carboxylic acids is 1. The van der Waals surface area contributed by atoms with Crippen LogP contribution in [0.15, 0.2) is 70.1 Å². The van der Waals surface area contributed by atoms with Crippen molar-refractivity contribution in [1.82, 2.24) is 14.5 Å². The van der Waals surface area contributed by atoms with Gasteiger partial charge in [0.15, 0.2) is 5.65 Å². The van der Waals surface area contributed by atoms with Gasteiger partial charge in [-0.05, 0) is 77.8 Å². The molecule has 4 rings (SSSR count). The summed E-state index contributed by atoms with van der Waals surface area (Å²) >= 11 is 3.40. The highest BCUT2D eigenvalue weighted by molar-refractivity contribution is 9.10. The average Bonchev–Trinajstić information content (AvgIpc) is 2.70. The van der Waals surface area contributed by atoms with Gasteiger partial charge in [-0.25, -0.2) is 9.97 Å². The van der Waals surface area contributed by atoms with E-state index < -0.39 is 0 Å². The summed E-state index contributed by atoms with van der Waals surface area (Å²) in [5.74, 6) is 0.339. The summed E-state index contributed by atoms with van der Waals surface area (Å²) in [7, 11) is 0. The maximum atomic E-state index is 13.0. The van der Waals surface area contributed by atoms with Crippen LogP contribution in [0.2, 0.25) is 0 Å². The van der Waals surface area contributed by atoms with Crippen LogP contribution >= 0.6 is 15.9 Å². The molecule has 0 radical (unpaired) electrons. The number of benzene rings is 2. The van der Waals surface area contributed by atoms with Gasteiger partial charge < -0.3 is 5.32 Å². The number of carbonyl (C=O) groups is 1. The quantitative estimate of drug-likeness (QED) is 0.503. The average molecular weight is 449 g/mol. The number of hydrogen-bond acceptors (Lipinski definition) is 4. The van der Waals surface area contributed by atoms with E-state index in [1.54, 1.807) is 48.0 Å². The van der Waals surface area contributed by atoms with Gasteiger partial charge in [-0.2, -0.15) is 0 Å². The minimum Gasteiger partial charge on any atom is -0.322 e. The van der Waals surface area contributed by atoms with E-state index in [9.17, 15) is 9.59 Å². The molecule has 2 aromatic carbocycles. The molecule has 0 aliphatic heterocycles. The molecule has 1 amide bonds. The Morgan fingerprint density at radius 2 is 1.86 bits per heavy atom. The lowest BCUT2D eigenvalue weighted by Gasteiger charge is -2.14. The number of pyridine rings is 1. The Kier molecular flexibility index (Phi) is 4.98. The van der Waals surface area contributed by atoms with Gasteiger partial charge in [0.05, 0.1) is 16.6 Å².